The fourth-order valence-electron chi connectivity index (χ4n) is 4.31. The first-order valence-electron chi connectivity index (χ1n) is 8.82. The van der Waals surface area contributed by atoms with E-state index in [2.05, 4.69) is 9.80 Å². The van der Waals surface area contributed by atoms with Gasteiger partial charge in [0.2, 0.25) is 0 Å². The van der Waals surface area contributed by atoms with Crippen LogP contribution in [0.1, 0.15) is 57.8 Å². The molecule has 1 unspecified atom stereocenters. The highest BCUT2D eigenvalue weighted by molar-refractivity contribution is 5.81. The number of carbonyl (C=O) groups is 1. The maximum atomic E-state index is 11.9. The number of Topliss-reactive ketones (excluding diaryl/α,β-unsaturated/α-hetero) is 1. The molecule has 0 N–H and O–H groups in total. The lowest BCUT2D eigenvalue weighted by Crippen LogP contribution is -2.48. The lowest BCUT2D eigenvalue weighted by Gasteiger charge is -2.41. The van der Waals surface area contributed by atoms with Crippen molar-refractivity contribution in [2.75, 3.05) is 32.7 Å². The molecule has 0 aromatic rings. The fourth-order valence-corrected chi connectivity index (χ4v) is 4.31. The Morgan fingerprint density at radius 3 is 2.30 bits per heavy atom. The number of piperidine rings is 2. The molecule has 0 radical (unpaired) electrons. The fraction of sp³-hybridized carbons (Fsp3) is 0.941. The largest absolute Gasteiger partial charge is 0.303 e. The molecule has 1 aliphatic carbocycles. The zero-order valence-corrected chi connectivity index (χ0v) is 12.9. The molecule has 20 heavy (non-hydrogen) atoms. The minimum absolute atomic E-state index is 0.357. The molecule has 0 amide bonds. The summed E-state index contributed by atoms with van der Waals surface area (Å²) in [4.78, 5) is 17.2. The lowest BCUT2D eigenvalue weighted by atomic mass is 9.87. The summed E-state index contributed by atoms with van der Waals surface area (Å²) < 4.78 is 0. The normalized spacial score (nSPS) is 31.6. The monoisotopic (exact) mass is 278 g/mol. The SMILES string of the molecule is O=C1CCCCC1CN1CCC(N2CCCCC2)CC1. The molecule has 2 heterocycles. The highest BCUT2D eigenvalue weighted by atomic mass is 16.1. The number of hydrogen-bond acceptors (Lipinski definition) is 3. The van der Waals surface area contributed by atoms with Crippen LogP contribution >= 0.6 is 0 Å². The zero-order valence-electron chi connectivity index (χ0n) is 12.9. The Morgan fingerprint density at radius 1 is 0.850 bits per heavy atom. The summed E-state index contributed by atoms with van der Waals surface area (Å²) in [5, 5.41) is 0. The number of carbonyl (C=O) groups excluding carboxylic acids is 1. The van der Waals surface area contributed by atoms with Gasteiger partial charge >= 0.3 is 0 Å². The van der Waals surface area contributed by atoms with Gasteiger partial charge in [-0.2, -0.15) is 0 Å². The summed E-state index contributed by atoms with van der Waals surface area (Å²) in [6.45, 7) is 6.12. The Balaban J connectivity index is 1.42. The van der Waals surface area contributed by atoms with Crippen LogP contribution in [0.15, 0.2) is 0 Å². The summed E-state index contributed by atoms with van der Waals surface area (Å²) >= 11 is 0. The van der Waals surface area contributed by atoms with E-state index in [0.717, 1.165) is 31.8 Å². The Kier molecular flexibility index (Phi) is 5.11. The lowest BCUT2D eigenvalue weighted by molar-refractivity contribution is -0.125. The summed E-state index contributed by atoms with van der Waals surface area (Å²) in [5.74, 6) is 0.893. The molecule has 3 heteroatoms. The van der Waals surface area contributed by atoms with Gasteiger partial charge in [-0.3, -0.25) is 4.79 Å². The minimum Gasteiger partial charge on any atom is -0.303 e. The number of hydrogen-bond donors (Lipinski definition) is 0. The standard InChI is InChI=1S/C17H30N2O/c20-17-7-3-2-6-15(17)14-18-12-8-16(9-13-18)19-10-4-1-5-11-19/h15-16H,1-14H2. The van der Waals surface area contributed by atoms with Crippen molar-refractivity contribution >= 4 is 5.78 Å². The Labute approximate surface area is 123 Å². The third-order valence-corrected chi connectivity index (χ3v) is 5.62. The number of likely N-dealkylation sites (tertiary alicyclic amines) is 2. The Morgan fingerprint density at radius 2 is 1.60 bits per heavy atom. The molecule has 1 saturated carbocycles. The van der Waals surface area contributed by atoms with E-state index in [1.807, 2.05) is 0 Å². The van der Waals surface area contributed by atoms with Crippen LogP contribution in [0.25, 0.3) is 0 Å². The highest BCUT2D eigenvalue weighted by Crippen LogP contribution is 2.25. The highest BCUT2D eigenvalue weighted by Gasteiger charge is 2.29. The molecular weight excluding hydrogens is 248 g/mol. The van der Waals surface area contributed by atoms with Gasteiger partial charge in [-0.15, -0.1) is 0 Å². The maximum absolute atomic E-state index is 11.9. The van der Waals surface area contributed by atoms with Gasteiger partial charge in [0.1, 0.15) is 5.78 Å². The number of nitrogens with zero attached hydrogens (tertiary/aromatic N) is 2. The van der Waals surface area contributed by atoms with Crippen molar-refractivity contribution in [2.24, 2.45) is 5.92 Å². The van der Waals surface area contributed by atoms with Crippen molar-refractivity contribution in [3.05, 3.63) is 0 Å². The predicted octanol–water partition coefficient (Wildman–Crippen LogP) is 2.70. The molecule has 3 nitrogen and oxygen atoms in total. The van der Waals surface area contributed by atoms with Crippen LogP contribution in [0.5, 0.6) is 0 Å². The third-order valence-electron chi connectivity index (χ3n) is 5.62. The van der Waals surface area contributed by atoms with Gasteiger partial charge in [0, 0.05) is 24.9 Å². The smallest absolute Gasteiger partial charge is 0.137 e. The van der Waals surface area contributed by atoms with Crippen molar-refractivity contribution in [3.63, 3.8) is 0 Å². The van der Waals surface area contributed by atoms with Crippen molar-refractivity contribution in [1.29, 1.82) is 0 Å². The van der Waals surface area contributed by atoms with Crippen molar-refractivity contribution in [2.45, 2.75) is 63.8 Å². The van der Waals surface area contributed by atoms with E-state index in [0.29, 0.717) is 11.7 Å². The molecule has 2 aliphatic heterocycles. The predicted molar refractivity (Wildman–Crippen MR) is 81.9 cm³/mol. The average molecular weight is 278 g/mol. The second-order valence-electron chi connectivity index (χ2n) is 7.04. The Bertz CT molecular complexity index is 317. The molecule has 0 aromatic carbocycles. The van der Waals surface area contributed by atoms with Gasteiger partial charge in [-0.05, 0) is 64.7 Å². The molecule has 3 rings (SSSR count). The average Bonchev–Trinajstić information content (AvgIpc) is 2.51. The topological polar surface area (TPSA) is 23.6 Å². The molecule has 0 bridgehead atoms. The van der Waals surface area contributed by atoms with Crippen LogP contribution in [-0.4, -0.2) is 54.3 Å². The van der Waals surface area contributed by atoms with Crippen LogP contribution in [0.4, 0.5) is 0 Å². The van der Waals surface area contributed by atoms with Crippen LogP contribution < -0.4 is 0 Å². The van der Waals surface area contributed by atoms with Crippen molar-refractivity contribution < 1.29 is 4.79 Å². The van der Waals surface area contributed by atoms with Crippen molar-refractivity contribution in [3.8, 4) is 0 Å². The molecule has 3 aliphatic rings. The second-order valence-corrected chi connectivity index (χ2v) is 7.04. The van der Waals surface area contributed by atoms with Crippen LogP contribution in [0.3, 0.4) is 0 Å². The van der Waals surface area contributed by atoms with Gasteiger partial charge in [-0.1, -0.05) is 12.8 Å². The van der Waals surface area contributed by atoms with Crippen LogP contribution in [0, 0.1) is 5.92 Å². The van der Waals surface area contributed by atoms with Gasteiger partial charge < -0.3 is 9.80 Å². The first-order chi connectivity index (χ1) is 9.83. The minimum atomic E-state index is 0.357. The van der Waals surface area contributed by atoms with Gasteiger partial charge in [-0.25, -0.2) is 0 Å². The van der Waals surface area contributed by atoms with Crippen LogP contribution in [-0.2, 0) is 4.79 Å². The first-order valence-corrected chi connectivity index (χ1v) is 8.82. The quantitative estimate of drug-likeness (QED) is 0.793. The summed E-state index contributed by atoms with van der Waals surface area (Å²) in [6, 6.07) is 0.827. The van der Waals surface area contributed by atoms with Gasteiger partial charge in [0.15, 0.2) is 0 Å². The Hall–Kier alpha value is -0.410. The van der Waals surface area contributed by atoms with E-state index < -0.39 is 0 Å². The van der Waals surface area contributed by atoms with E-state index in [1.54, 1.807) is 0 Å². The van der Waals surface area contributed by atoms with E-state index >= 15 is 0 Å². The summed E-state index contributed by atoms with van der Waals surface area (Å²) in [6.07, 6.45) is 11.3. The second kappa shape index (κ2) is 7.04. The summed E-state index contributed by atoms with van der Waals surface area (Å²) in [7, 11) is 0. The van der Waals surface area contributed by atoms with Gasteiger partial charge in [0.25, 0.3) is 0 Å². The first kappa shape index (κ1) is 14.5. The van der Waals surface area contributed by atoms with Crippen molar-refractivity contribution in [1.82, 2.24) is 9.80 Å². The number of ketones is 1. The van der Waals surface area contributed by atoms with Crippen LogP contribution in [0.2, 0.25) is 0 Å². The van der Waals surface area contributed by atoms with E-state index in [4.69, 9.17) is 0 Å². The molecule has 1 atom stereocenters. The molecule has 2 saturated heterocycles. The van der Waals surface area contributed by atoms with Gasteiger partial charge in [0.05, 0.1) is 0 Å². The van der Waals surface area contributed by atoms with E-state index in [1.165, 1.54) is 64.7 Å². The van der Waals surface area contributed by atoms with E-state index in [-0.39, 0.29) is 0 Å². The third kappa shape index (κ3) is 3.62. The molecule has 0 aromatic heterocycles. The summed E-state index contributed by atoms with van der Waals surface area (Å²) in [5.41, 5.74) is 0. The zero-order chi connectivity index (χ0) is 13.8. The maximum Gasteiger partial charge on any atom is 0.137 e. The molecule has 0 spiro atoms. The van der Waals surface area contributed by atoms with E-state index in [9.17, 15) is 4.79 Å². The molecule has 114 valence electrons. The molecular formula is C17H30N2O. The number of rotatable bonds is 3. The molecule has 3 fully saturated rings.